The zero-order chi connectivity index (χ0) is 21.8. The van der Waals surface area contributed by atoms with Crippen molar-refractivity contribution < 1.29 is 13.2 Å². The fourth-order valence-corrected chi connectivity index (χ4v) is 5.79. The molecule has 0 bridgehead atoms. The summed E-state index contributed by atoms with van der Waals surface area (Å²) in [7, 11) is -3.62. The highest BCUT2D eigenvalue weighted by Gasteiger charge is 2.23. The van der Waals surface area contributed by atoms with Gasteiger partial charge in [-0.2, -0.15) is 0 Å². The van der Waals surface area contributed by atoms with Crippen molar-refractivity contribution in [3.63, 3.8) is 0 Å². The van der Waals surface area contributed by atoms with Crippen LogP contribution in [0.25, 0.3) is 0 Å². The van der Waals surface area contributed by atoms with E-state index in [1.165, 1.54) is 23.5 Å². The molecule has 0 atom stereocenters. The SMILES string of the molecule is Cc1nc(CN2CCN(C(=O)c3ccc(S(=O)(=O)NCc4cccs4)cc3)CC2)cs1. The van der Waals surface area contributed by atoms with Gasteiger partial charge in [-0.05, 0) is 42.6 Å². The summed E-state index contributed by atoms with van der Waals surface area (Å²) in [5.74, 6) is -0.0698. The Morgan fingerprint density at radius 2 is 1.84 bits per heavy atom. The van der Waals surface area contributed by atoms with Gasteiger partial charge in [0.1, 0.15) is 0 Å². The second kappa shape index (κ2) is 9.58. The topological polar surface area (TPSA) is 82.6 Å². The molecular formula is C21H24N4O3S3. The van der Waals surface area contributed by atoms with Gasteiger partial charge < -0.3 is 4.90 Å². The summed E-state index contributed by atoms with van der Waals surface area (Å²) in [5.41, 5.74) is 1.58. The molecule has 10 heteroatoms. The maximum Gasteiger partial charge on any atom is 0.253 e. The van der Waals surface area contributed by atoms with Gasteiger partial charge in [-0.15, -0.1) is 22.7 Å². The molecule has 1 saturated heterocycles. The molecule has 1 aliphatic rings. The first kappa shape index (κ1) is 22.1. The number of aromatic nitrogens is 1. The molecule has 1 aliphatic heterocycles. The van der Waals surface area contributed by atoms with Crippen molar-refractivity contribution in [1.29, 1.82) is 0 Å². The largest absolute Gasteiger partial charge is 0.336 e. The minimum absolute atomic E-state index is 0.0698. The van der Waals surface area contributed by atoms with E-state index >= 15 is 0 Å². The van der Waals surface area contributed by atoms with Crippen LogP contribution in [0.2, 0.25) is 0 Å². The molecule has 31 heavy (non-hydrogen) atoms. The summed E-state index contributed by atoms with van der Waals surface area (Å²) in [5, 5.41) is 5.05. The summed E-state index contributed by atoms with van der Waals surface area (Å²) in [6.07, 6.45) is 0. The summed E-state index contributed by atoms with van der Waals surface area (Å²) in [6, 6.07) is 9.93. The summed E-state index contributed by atoms with van der Waals surface area (Å²) in [4.78, 5) is 22.6. The number of hydrogen-bond donors (Lipinski definition) is 1. The van der Waals surface area contributed by atoms with Crippen molar-refractivity contribution in [3.05, 3.63) is 68.3 Å². The number of nitrogens with zero attached hydrogens (tertiary/aromatic N) is 3. The lowest BCUT2D eigenvalue weighted by Gasteiger charge is -2.34. The smallest absolute Gasteiger partial charge is 0.253 e. The van der Waals surface area contributed by atoms with Crippen LogP contribution in [-0.2, 0) is 23.1 Å². The lowest BCUT2D eigenvalue weighted by Crippen LogP contribution is -2.48. The fourth-order valence-electron chi connectivity index (χ4n) is 3.44. The van der Waals surface area contributed by atoms with E-state index in [2.05, 4.69) is 20.0 Å². The predicted molar refractivity (Wildman–Crippen MR) is 123 cm³/mol. The Morgan fingerprint density at radius 3 is 2.45 bits per heavy atom. The van der Waals surface area contributed by atoms with E-state index in [0.29, 0.717) is 18.7 Å². The van der Waals surface area contributed by atoms with Crippen LogP contribution in [0.4, 0.5) is 0 Å². The number of thiazole rings is 1. The van der Waals surface area contributed by atoms with Crippen LogP contribution in [0, 0.1) is 6.92 Å². The number of amides is 1. The second-order valence-corrected chi connectivity index (χ2v) is 11.2. The van der Waals surface area contributed by atoms with E-state index in [4.69, 9.17) is 0 Å². The third-order valence-electron chi connectivity index (χ3n) is 5.14. The summed E-state index contributed by atoms with van der Waals surface area (Å²) >= 11 is 3.15. The molecule has 4 rings (SSSR count). The molecule has 1 aromatic carbocycles. The van der Waals surface area contributed by atoms with E-state index in [-0.39, 0.29) is 17.3 Å². The van der Waals surface area contributed by atoms with Gasteiger partial charge in [-0.1, -0.05) is 6.07 Å². The highest BCUT2D eigenvalue weighted by atomic mass is 32.2. The molecule has 3 aromatic rings. The Morgan fingerprint density at radius 1 is 1.10 bits per heavy atom. The van der Waals surface area contributed by atoms with Crippen molar-refractivity contribution in [3.8, 4) is 0 Å². The van der Waals surface area contributed by atoms with E-state index in [0.717, 1.165) is 35.2 Å². The number of rotatable bonds is 7. The Balaban J connectivity index is 1.32. The number of hydrogen-bond acceptors (Lipinski definition) is 7. The normalized spacial score (nSPS) is 15.3. The summed E-state index contributed by atoms with van der Waals surface area (Å²) < 4.78 is 27.6. The maximum absolute atomic E-state index is 12.8. The minimum atomic E-state index is -3.62. The van der Waals surface area contributed by atoms with E-state index in [1.807, 2.05) is 29.3 Å². The number of thiophene rings is 1. The number of aryl methyl sites for hydroxylation is 1. The molecule has 0 unspecified atom stereocenters. The molecule has 0 spiro atoms. The zero-order valence-electron chi connectivity index (χ0n) is 17.2. The molecule has 0 radical (unpaired) electrons. The molecule has 1 N–H and O–H groups in total. The summed E-state index contributed by atoms with van der Waals surface area (Å²) in [6.45, 7) is 5.93. The van der Waals surface area contributed by atoms with Gasteiger partial charge in [0.2, 0.25) is 10.0 Å². The Bertz CT molecular complexity index is 1120. The Hall–Kier alpha value is -2.11. The Labute approximate surface area is 190 Å². The van der Waals surface area contributed by atoms with Crippen LogP contribution in [0.5, 0.6) is 0 Å². The molecule has 0 saturated carbocycles. The van der Waals surface area contributed by atoms with Gasteiger partial charge in [0.05, 0.1) is 15.6 Å². The maximum atomic E-state index is 12.8. The van der Waals surface area contributed by atoms with Crippen molar-refractivity contribution in [2.45, 2.75) is 24.9 Å². The van der Waals surface area contributed by atoms with Crippen molar-refractivity contribution in [2.24, 2.45) is 0 Å². The quantitative estimate of drug-likeness (QED) is 0.567. The van der Waals surface area contributed by atoms with Crippen LogP contribution in [0.15, 0.2) is 52.1 Å². The molecule has 3 heterocycles. The van der Waals surface area contributed by atoms with E-state index in [1.54, 1.807) is 23.5 Å². The molecule has 0 aliphatic carbocycles. The molecular weight excluding hydrogens is 452 g/mol. The standard InChI is InChI=1S/C21H24N4O3S3/c1-16-23-18(15-30-16)14-24-8-10-25(11-9-24)21(26)17-4-6-20(7-5-17)31(27,28)22-13-19-3-2-12-29-19/h2-7,12,15,22H,8-11,13-14H2,1H3. The average molecular weight is 477 g/mol. The van der Waals surface area contributed by atoms with Gasteiger partial charge in [0.15, 0.2) is 0 Å². The Kier molecular flexibility index (Phi) is 6.83. The number of carbonyl (C=O) groups excluding carboxylic acids is 1. The van der Waals surface area contributed by atoms with E-state index < -0.39 is 10.0 Å². The van der Waals surface area contributed by atoms with Crippen LogP contribution >= 0.6 is 22.7 Å². The highest BCUT2D eigenvalue weighted by Crippen LogP contribution is 2.16. The molecule has 1 amide bonds. The number of piperazine rings is 1. The van der Waals surface area contributed by atoms with Crippen LogP contribution < -0.4 is 4.72 Å². The highest BCUT2D eigenvalue weighted by molar-refractivity contribution is 7.89. The van der Waals surface area contributed by atoms with Crippen LogP contribution in [-0.4, -0.2) is 55.3 Å². The van der Waals surface area contributed by atoms with E-state index in [9.17, 15) is 13.2 Å². The van der Waals surface area contributed by atoms with Crippen molar-refractivity contribution in [1.82, 2.24) is 19.5 Å². The lowest BCUT2D eigenvalue weighted by atomic mass is 10.2. The zero-order valence-corrected chi connectivity index (χ0v) is 19.6. The van der Waals surface area contributed by atoms with Gasteiger partial charge >= 0.3 is 0 Å². The third kappa shape index (κ3) is 5.58. The van der Waals surface area contributed by atoms with Crippen LogP contribution in [0.1, 0.15) is 25.9 Å². The van der Waals surface area contributed by atoms with Crippen LogP contribution in [0.3, 0.4) is 0 Å². The predicted octanol–water partition coefficient (Wildman–Crippen LogP) is 2.95. The third-order valence-corrected chi connectivity index (χ3v) is 8.26. The number of benzene rings is 1. The lowest BCUT2D eigenvalue weighted by molar-refractivity contribution is 0.0627. The number of carbonyl (C=O) groups is 1. The first-order valence-corrected chi connectivity index (χ1v) is 13.2. The molecule has 2 aromatic heterocycles. The molecule has 1 fully saturated rings. The van der Waals surface area contributed by atoms with Crippen molar-refractivity contribution >= 4 is 38.6 Å². The van der Waals surface area contributed by atoms with Gasteiger partial charge in [0, 0.05) is 55.1 Å². The van der Waals surface area contributed by atoms with Gasteiger partial charge in [0.25, 0.3) is 5.91 Å². The van der Waals surface area contributed by atoms with Gasteiger partial charge in [-0.25, -0.2) is 18.1 Å². The number of sulfonamides is 1. The number of nitrogens with one attached hydrogen (secondary N) is 1. The first-order valence-electron chi connectivity index (χ1n) is 9.95. The molecule has 7 nitrogen and oxygen atoms in total. The second-order valence-electron chi connectivity index (χ2n) is 7.35. The minimum Gasteiger partial charge on any atom is -0.336 e. The van der Waals surface area contributed by atoms with Gasteiger partial charge in [-0.3, -0.25) is 9.69 Å². The fraction of sp³-hybridized carbons (Fsp3) is 0.333. The van der Waals surface area contributed by atoms with Crippen molar-refractivity contribution in [2.75, 3.05) is 26.2 Å². The molecule has 164 valence electrons. The average Bonchev–Trinajstić information content (AvgIpc) is 3.44. The monoisotopic (exact) mass is 476 g/mol. The first-order chi connectivity index (χ1) is 14.9.